The fraction of sp³-hybridized carbons (Fsp3) is 0.857. The molecule has 0 aromatic rings. The van der Waals surface area contributed by atoms with Gasteiger partial charge in [-0.25, -0.2) is 0 Å². The third-order valence-electron chi connectivity index (χ3n) is 4.53. The summed E-state index contributed by atoms with van der Waals surface area (Å²) < 4.78 is 0. The Kier molecular flexibility index (Phi) is 4.26. The van der Waals surface area contributed by atoms with Crippen LogP contribution in [0.3, 0.4) is 0 Å². The summed E-state index contributed by atoms with van der Waals surface area (Å²) in [5.41, 5.74) is 0.246. The largest absolute Gasteiger partial charge is 0.306 e. The van der Waals surface area contributed by atoms with E-state index < -0.39 is 0 Å². The molecule has 2 aliphatic heterocycles. The topological polar surface area (TPSA) is 52.7 Å². The maximum absolute atomic E-state index is 12.0. The maximum atomic E-state index is 12.0. The van der Waals surface area contributed by atoms with E-state index in [9.17, 15) is 9.59 Å². The van der Waals surface area contributed by atoms with Crippen molar-refractivity contribution >= 4 is 11.8 Å². The fourth-order valence-electron chi connectivity index (χ4n) is 2.88. The number of carbonyl (C=O) groups is 2. The Bertz CT molecular complexity index is 362. The highest BCUT2D eigenvalue weighted by Gasteiger charge is 2.38. The van der Waals surface area contributed by atoms with Crippen LogP contribution in [0.1, 0.15) is 33.1 Å². The Hall–Kier alpha value is -0.940. The van der Waals surface area contributed by atoms with Crippen molar-refractivity contribution in [3.8, 4) is 0 Å². The highest BCUT2D eigenvalue weighted by molar-refractivity contribution is 6.05. The average molecular weight is 267 g/mol. The van der Waals surface area contributed by atoms with Crippen molar-refractivity contribution in [2.45, 2.75) is 39.2 Å². The third kappa shape index (κ3) is 3.15. The molecule has 1 N–H and O–H groups in total. The second kappa shape index (κ2) is 5.59. The molecule has 0 spiro atoms. The van der Waals surface area contributed by atoms with E-state index in [-0.39, 0.29) is 23.3 Å². The first kappa shape index (κ1) is 14.5. The summed E-state index contributed by atoms with van der Waals surface area (Å²) in [5.74, 6) is -0.0949. The molecule has 2 rings (SSSR count). The zero-order valence-corrected chi connectivity index (χ0v) is 12.2. The number of imide groups is 1. The number of likely N-dealkylation sites (N-methyl/N-ethyl adjacent to an activating group) is 1. The Labute approximate surface area is 115 Å². The zero-order chi connectivity index (χ0) is 14.0. The summed E-state index contributed by atoms with van der Waals surface area (Å²) in [4.78, 5) is 27.4. The summed E-state index contributed by atoms with van der Waals surface area (Å²) in [6, 6.07) is -0.302. The SMILES string of the molecule is CCN1C(=O)CC(NCC2(C)CCN(C)CC2)C1=O. The van der Waals surface area contributed by atoms with Gasteiger partial charge in [0.05, 0.1) is 12.5 Å². The molecule has 0 aromatic heterocycles. The molecule has 0 aliphatic carbocycles. The molecular formula is C14H25N3O2. The second-order valence-electron chi connectivity index (χ2n) is 6.23. The number of hydrogen-bond acceptors (Lipinski definition) is 4. The van der Waals surface area contributed by atoms with Crippen LogP contribution in [0.2, 0.25) is 0 Å². The minimum absolute atomic E-state index is 0.0430. The van der Waals surface area contributed by atoms with Crippen LogP contribution in [0.5, 0.6) is 0 Å². The molecule has 0 aromatic carbocycles. The molecule has 19 heavy (non-hydrogen) atoms. The standard InChI is InChI=1S/C14H25N3O2/c1-4-17-12(18)9-11(13(17)19)15-10-14(2)5-7-16(3)8-6-14/h11,15H,4-10H2,1-3H3. The second-order valence-corrected chi connectivity index (χ2v) is 6.23. The van der Waals surface area contributed by atoms with Crippen molar-refractivity contribution < 1.29 is 9.59 Å². The summed E-state index contributed by atoms with van der Waals surface area (Å²) in [6.07, 6.45) is 2.61. The fourth-order valence-corrected chi connectivity index (χ4v) is 2.88. The van der Waals surface area contributed by atoms with Crippen molar-refractivity contribution in [3.63, 3.8) is 0 Å². The van der Waals surface area contributed by atoms with Crippen LogP contribution in [0.15, 0.2) is 0 Å². The maximum Gasteiger partial charge on any atom is 0.246 e. The predicted molar refractivity (Wildman–Crippen MR) is 73.6 cm³/mol. The number of piperidine rings is 1. The van der Waals surface area contributed by atoms with Crippen LogP contribution >= 0.6 is 0 Å². The molecule has 2 saturated heterocycles. The molecule has 0 radical (unpaired) electrons. The quantitative estimate of drug-likeness (QED) is 0.752. The number of amides is 2. The molecule has 2 heterocycles. The Morgan fingerprint density at radius 1 is 1.32 bits per heavy atom. The highest BCUT2D eigenvalue weighted by atomic mass is 16.2. The van der Waals surface area contributed by atoms with E-state index in [0.29, 0.717) is 13.0 Å². The smallest absolute Gasteiger partial charge is 0.246 e. The van der Waals surface area contributed by atoms with Crippen LogP contribution in [-0.4, -0.2) is 60.9 Å². The molecule has 0 bridgehead atoms. The van der Waals surface area contributed by atoms with Gasteiger partial charge in [-0.15, -0.1) is 0 Å². The van der Waals surface area contributed by atoms with Gasteiger partial charge in [-0.2, -0.15) is 0 Å². The van der Waals surface area contributed by atoms with E-state index in [1.165, 1.54) is 4.90 Å². The molecule has 1 atom stereocenters. The van der Waals surface area contributed by atoms with Gasteiger partial charge in [0.15, 0.2) is 0 Å². The average Bonchev–Trinajstić information content (AvgIpc) is 2.66. The van der Waals surface area contributed by atoms with E-state index in [4.69, 9.17) is 0 Å². The number of hydrogen-bond donors (Lipinski definition) is 1. The third-order valence-corrected chi connectivity index (χ3v) is 4.53. The van der Waals surface area contributed by atoms with Crippen molar-refractivity contribution in [2.75, 3.05) is 33.2 Å². The van der Waals surface area contributed by atoms with Crippen molar-refractivity contribution in [1.29, 1.82) is 0 Å². The molecule has 1 unspecified atom stereocenters. The van der Waals surface area contributed by atoms with Crippen molar-refractivity contribution in [3.05, 3.63) is 0 Å². The van der Waals surface area contributed by atoms with Gasteiger partial charge in [-0.05, 0) is 45.3 Å². The number of likely N-dealkylation sites (tertiary alicyclic amines) is 2. The minimum atomic E-state index is -0.302. The van der Waals surface area contributed by atoms with Crippen LogP contribution in [0.25, 0.3) is 0 Å². The number of nitrogens with zero attached hydrogens (tertiary/aromatic N) is 2. The van der Waals surface area contributed by atoms with Gasteiger partial charge in [0, 0.05) is 13.1 Å². The minimum Gasteiger partial charge on any atom is -0.306 e. The van der Waals surface area contributed by atoms with E-state index in [1.54, 1.807) is 0 Å². The van der Waals surface area contributed by atoms with Gasteiger partial charge in [0.2, 0.25) is 11.8 Å². The Balaban J connectivity index is 1.86. The van der Waals surface area contributed by atoms with Gasteiger partial charge >= 0.3 is 0 Å². The summed E-state index contributed by atoms with van der Waals surface area (Å²) in [6.45, 7) is 7.63. The van der Waals surface area contributed by atoms with Crippen molar-refractivity contribution in [1.82, 2.24) is 15.1 Å². The summed E-state index contributed by atoms with van der Waals surface area (Å²) in [5, 5.41) is 3.32. The monoisotopic (exact) mass is 267 g/mol. The molecule has 108 valence electrons. The number of nitrogens with one attached hydrogen (secondary N) is 1. The molecular weight excluding hydrogens is 242 g/mol. The van der Waals surface area contributed by atoms with E-state index in [0.717, 1.165) is 32.5 Å². The predicted octanol–water partition coefficient (Wildman–Crippen LogP) is 0.455. The van der Waals surface area contributed by atoms with E-state index in [2.05, 4.69) is 24.2 Å². The van der Waals surface area contributed by atoms with E-state index >= 15 is 0 Å². The Morgan fingerprint density at radius 3 is 2.47 bits per heavy atom. The number of rotatable bonds is 4. The van der Waals surface area contributed by atoms with Crippen LogP contribution in [0.4, 0.5) is 0 Å². The first-order valence-electron chi connectivity index (χ1n) is 7.21. The zero-order valence-electron chi connectivity index (χ0n) is 12.2. The van der Waals surface area contributed by atoms with Crippen molar-refractivity contribution in [2.24, 2.45) is 5.41 Å². The summed E-state index contributed by atoms with van der Waals surface area (Å²) >= 11 is 0. The number of carbonyl (C=O) groups excluding carboxylic acids is 2. The lowest BCUT2D eigenvalue weighted by Crippen LogP contribution is -2.46. The lowest BCUT2D eigenvalue weighted by Gasteiger charge is -2.38. The first-order chi connectivity index (χ1) is 8.95. The molecule has 2 amide bonds. The first-order valence-corrected chi connectivity index (χ1v) is 7.21. The molecule has 2 fully saturated rings. The van der Waals surface area contributed by atoms with Crippen LogP contribution in [-0.2, 0) is 9.59 Å². The van der Waals surface area contributed by atoms with Crippen LogP contribution in [0, 0.1) is 5.41 Å². The lowest BCUT2D eigenvalue weighted by atomic mass is 9.80. The summed E-state index contributed by atoms with van der Waals surface area (Å²) in [7, 11) is 2.14. The van der Waals surface area contributed by atoms with Gasteiger partial charge in [0.25, 0.3) is 0 Å². The highest BCUT2D eigenvalue weighted by Crippen LogP contribution is 2.30. The van der Waals surface area contributed by atoms with Gasteiger partial charge in [-0.3, -0.25) is 14.5 Å². The molecule has 0 saturated carbocycles. The van der Waals surface area contributed by atoms with Crippen LogP contribution < -0.4 is 5.32 Å². The normalized spacial score (nSPS) is 28.2. The Morgan fingerprint density at radius 2 is 1.95 bits per heavy atom. The van der Waals surface area contributed by atoms with E-state index in [1.807, 2.05) is 6.92 Å². The molecule has 5 heteroatoms. The lowest BCUT2D eigenvalue weighted by molar-refractivity contribution is -0.138. The molecule has 2 aliphatic rings. The molecule has 5 nitrogen and oxygen atoms in total. The van der Waals surface area contributed by atoms with Gasteiger partial charge < -0.3 is 10.2 Å². The van der Waals surface area contributed by atoms with Gasteiger partial charge in [-0.1, -0.05) is 6.92 Å². The van der Waals surface area contributed by atoms with Gasteiger partial charge in [0.1, 0.15) is 0 Å².